The Morgan fingerprint density at radius 2 is 1.82 bits per heavy atom. The highest BCUT2D eigenvalue weighted by atomic mass is 16.3. The molecular weight excluding hydrogens is 276 g/mol. The number of nitrogens with zero attached hydrogens (tertiary/aromatic N) is 2. The van der Waals surface area contributed by atoms with E-state index in [9.17, 15) is 9.90 Å². The Hall–Kier alpha value is -1.39. The molecule has 0 saturated carbocycles. The third-order valence-electron chi connectivity index (χ3n) is 4.89. The Labute approximate surface area is 133 Å². The molecule has 0 unspecified atom stereocenters. The lowest BCUT2D eigenvalue weighted by atomic mass is 9.82. The highest BCUT2D eigenvalue weighted by Crippen LogP contribution is 2.34. The van der Waals surface area contributed by atoms with E-state index in [-0.39, 0.29) is 30.0 Å². The van der Waals surface area contributed by atoms with Crippen molar-refractivity contribution in [3.05, 3.63) is 35.9 Å². The van der Waals surface area contributed by atoms with Crippen molar-refractivity contribution in [2.24, 2.45) is 5.92 Å². The Kier molecular flexibility index (Phi) is 5.24. The second-order valence-corrected chi connectivity index (χ2v) is 6.71. The Morgan fingerprint density at radius 1 is 1.23 bits per heavy atom. The summed E-state index contributed by atoms with van der Waals surface area (Å²) in [4.78, 5) is 17.1. The largest absolute Gasteiger partial charge is 0.393 e. The molecule has 0 bridgehead atoms. The van der Waals surface area contributed by atoms with Crippen LogP contribution in [0, 0.1) is 5.92 Å². The summed E-state index contributed by atoms with van der Waals surface area (Å²) in [6, 6.07) is 10.4. The van der Waals surface area contributed by atoms with E-state index in [0.717, 1.165) is 12.0 Å². The molecule has 1 saturated heterocycles. The molecule has 0 aliphatic carbocycles. The molecule has 0 aromatic heterocycles. The Bertz CT molecular complexity index is 501. The van der Waals surface area contributed by atoms with Gasteiger partial charge in [-0.1, -0.05) is 30.3 Å². The third-order valence-corrected chi connectivity index (χ3v) is 4.89. The maximum atomic E-state index is 13.0. The smallest absolute Gasteiger partial charge is 0.230 e. The van der Waals surface area contributed by atoms with Crippen molar-refractivity contribution in [2.45, 2.75) is 51.4 Å². The van der Waals surface area contributed by atoms with Crippen LogP contribution in [-0.2, 0) is 4.79 Å². The molecule has 1 aromatic carbocycles. The lowest BCUT2D eigenvalue weighted by Gasteiger charge is -2.48. The minimum absolute atomic E-state index is 0.0214. The summed E-state index contributed by atoms with van der Waals surface area (Å²) in [6.45, 7) is 5.89. The Balaban J connectivity index is 2.31. The van der Waals surface area contributed by atoms with Gasteiger partial charge in [0.05, 0.1) is 18.1 Å². The van der Waals surface area contributed by atoms with Gasteiger partial charge in [-0.2, -0.15) is 0 Å². The Morgan fingerprint density at radius 3 is 2.32 bits per heavy atom. The van der Waals surface area contributed by atoms with E-state index in [1.54, 1.807) is 6.92 Å². The first-order chi connectivity index (χ1) is 10.3. The van der Waals surface area contributed by atoms with Crippen molar-refractivity contribution < 1.29 is 9.90 Å². The molecular formula is C18H28N2O2. The number of piperidine rings is 1. The van der Waals surface area contributed by atoms with Gasteiger partial charge in [-0.3, -0.25) is 4.79 Å². The summed E-state index contributed by atoms with van der Waals surface area (Å²) >= 11 is 0. The molecule has 1 heterocycles. The van der Waals surface area contributed by atoms with Crippen LogP contribution in [0.4, 0.5) is 0 Å². The lowest BCUT2D eigenvalue weighted by Crippen LogP contribution is -2.59. The normalized spacial score (nSPS) is 28.8. The summed E-state index contributed by atoms with van der Waals surface area (Å²) in [5, 5.41) is 10.1. The minimum Gasteiger partial charge on any atom is -0.393 e. The molecule has 22 heavy (non-hydrogen) atoms. The molecule has 1 N–H and O–H groups in total. The van der Waals surface area contributed by atoms with Crippen LogP contribution >= 0.6 is 0 Å². The zero-order valence-corrected chi connectivity index (χ0v) is 14.2. The first kappa shape index (κ1) is 17.0. The monoisotopic (exact) mass is 304 g/mol. The maximum Gasteiger partial charge on any atom is 0.230 e. The number of hydrogen-bond donors (Lipinski definition) is 1. The molecule has 1 aliphatic heterocycles. The zero-order valence-electron chi connectivity index (χ0n) is 14.2. The number of hydrogen-bond acceptors (Lipinski definition) is 3. The second kappa shape index (κ2) is 6.80. The van der Waals surface area contributed by atoms with Gasteiger partial charge in [-0.15, -0.1) is 0 Å². The van der Waals surface area contributed by atoms with Gasteiger partial charge >= 0.3 is 0 Å². The van der Waals surface area contributed by atoms with Gasteiger partial charge < -0.3 is 14.9 Å². The zero-order chi connectivity index (χ0) is 16.4. The maximum absolute atomic E-state index is 13.0. The van der Waals surface area contributed by atoms with E-state index in [1.807, 2.05) is 37.2 Å². The van der Waals surface area contributed by atoms with E-state index < -0.39 is 6.10 Å². The standard InChI is InChI=1S/C18H28N2O2/c1-12-11-16(19(4)5)17(14(3)21)18(22)20(12)13(2)15-9-7-6-8-10-15/h6-10,12-14,16-17,21H,11H2,1-5H3/t12-,13+,14-,16-,17-/m1/s1. The van der Waals surface area contributed by atoms with Gasteiger partial charge in [-0.25, -0.2) is 0 Å². The third kappa shape index (κ3) is 3.18. The van der Waals surface area contributed by atoms with Crippen LogP contribution < -0.4 is 0 Å². The van der Waals surface area contributed by atoms with Crippen LogP contribution in [0.3, 0.4) is 0 Å². The molecule has 2 rings (SSSR count). The SMILES string of the molecule is C[C@@H]1C[C@@H](N(C)C)[C@@H]([C@@H](C)O)C(=O)N1[C@@H](C)c1ccccc1. The number of carbonyl (C=O) groups is 1. The molecule has 4 heteroatoms. The molecule has 1 aromatic rings. The fraction of sp³-hybridized carbons (Fsp3) is 0.611. The summed E-state index contributed by atoms with van der Waals surface area (Å²) in [6.07, 6.45) is 0.240. The summed E-state index contributed by atoms with van der Waals surface area (Å²) in [7, 11) is 3.96. The number of aliphatic hydroxyl groups excluding tert-OH is 1. The molecule has 1 aliphatic rings. The van der Waals surface area contributed by atoms with Crippen LogP contribution in [0.25, 0.3) is 0 Å². The van der Waals surface area contributed by atoms with Gasteiger partial charge in [-0.05, 0) is 46.9 Å². The van der Waals surface area contributed by atoms with E-state index in [0.29, 0.717) is 0 Å². The average Bonchev–Trinajstić information content (AvgIpc) is 2.46. The van der Waals surface area contributed by atoms with Crippen LogP contribution in [0.5, 0.6) is 0 Å². The minimum atomic E-state index is -0.641. The number of benzene rings is 1. The molecule has 0 spiro atoms. The van der Waals surface area contributed by atoms with Gasteiger partial charge in [0.15, 0.2) is 0 Å². The summed E-state index contributed by atoms with van der Waals surface area (Å²) in [5.41, 5.74) is 1.13. The number of aliphatic hydroxyl groups is 1. The van der Waals surface area contributed by atoms with Crippen LogP contribution in [0.2, 0.25) is 0 Å². The topological polar surface area (TPSA) is 43.8 Å². The number of carbonyl (C=O) groups excluding carboxylic acids is 1. The lowest BCUT2D eigenvalue weighted by molar-refractivity contribution is -0.153. The summed E-state index contributed by atoms with van der Waals surface area (Å²) < 4.78 is 0. The molecule has 0 radical (unpaired) electrons. The fourth-order valence-electron chi connectivity index (χ4n) is 3.69. The molecule has 1 amide bonds. The highest BCUT2D eigenvalue weighted by Gasteiger charge is 2.45. The highest BCUT2D eigenvalue weighted by molar-refractivity contribution is 5.82. The van der Waals surface area contributed by atoms with Crippen molar-refractivity contribution in [3.63, 3.8) is 0 Å². The van der Waals surface area contributed by atoms with E-state index in [4.69, 9.17) is 0 Å². The van der Waals surface area contributed by atoms with Gasteiger partial charge in [0, 0.05) is 12.1 Å². The van der Waals surface area contributed by atoms with Gasteiger partial charge in [0.2, 0.25) is 5.91 Å². The average molecular weight is 304 g/mol. The summed E-state index contributed by atoms with van der Waals surface area (Å²) in [5.74, 6) is -0.304. The van der Waals surface area contributed by atoms with Crippen LogP contribution in [0.1, 0.15) is 38.8 Å². The first-order valence-corrected chi connectivity index (χ1v) is 8.06. The molecule has 4 nitrogen and oxygen atoms in total. The van der Waals surface area contributed by atoms with Crippen molar-refractivity contribution in [3.8, 4) is 0 Å². The quantitative estimate of drug-likeness (QED) is 0.928. The van der Waals surface area contributed by atoms with E-state index in [1.165, 1.54) is 0 Å². The van der Waals surface area contributed by atoms with Crippen LogP contribution in [0.15, 0.2) is 30.3 Å². The number of amides is 1. The van der Waals surface area contributed by atoms with Gasteiger partial charge in [0.1, 0.15) is 0 Å². The van der Waals surface area contributed by atoms with Crippen LogP contribution in [-0.4, -0.2) is 53.1 Å². The van der Waals surface area contributed by atoms with Crippen molar-refractivity contribution in [2.75, 3.05) is 14.1 Å². The van der Waals surface area contributed by atoms with E-state index >= 15 is 0 Å². The fourth-order valence-corrected chi connectivity index (χ4v) is 3.69. The van der Waals surface area contributed by atoms with Crippen molar-refractivity contribution in [1.29, 1.82) is 0 Å². The number of likely N-dealkylation sites (tertiary alicyclic amines) is 1. The predicted molar refractivity (Wildman–Crippen MR) is 88.4 cm³/mol. The first-order valence-electron chi connectivity index (χ1n) is 8.06. The predicted octanol–water partition coefficient (Wildman–Crippen LogP) is 2.30. The number of rotatable bonds is 4. The van der Waals surface area contributed by atoms with Gasteiger partial charge in [0.25, 0.3) is 0 Å². The molecule has 1 fully saturated rings. The molecule has 122 valence electrons. The molecule has 5 atom stereocenters. The van der Waals surface area contributed by atoms with Crippen molar-refractivity contribution in [1.82, 2.24) is 9.80 Å². The second-order valence-electron chi connectivity index (χ2n) is 6.71. The van der Waals surface area contributed by atoms with Crippen molar-refractivity contribution >= 4 is 5.91 Å². The van der Waals surface area contributed by atoms with E-state index in [2.05, 4.69) is 30.9 Å².